The average Bonchev–Trinajstić information content (AvgIpc) is 3.03. The molecule has 2 aromatic heterocycles. The molecule has 0 atom stereocenters. The number of methoxy groups -OCH3 is 1. The van der Waals surface area contributed by atoms with E-state index in [-0.39, 0.29) is 16.5 Å². The van der Waals surface area contributed by atoms with E-state index < -0.39 is 10.0 Å². The molecule has 0 unspecified atom stereocenters. The second-order valence-electron chi connectivity index (χ2n) is 5.16. The number of nitrogens with zero attached hydrogens (tertiary/aromatic N) is 2. The summed E-state index contributed by atoms with van der Waals surface area (Å²) in [5.74, 6) is 0.475. The second kappa shape index (κ2) is 6.32. The Labute approximate surface area is 139 Å². The number of pyridine rings is 1. The summed E-state index contributed by atoms with van der Waals surface area (Å²) in [4.78, 5) is 4.01. The van der Waals surface area contributed by atoms with Crippen molar-refractivity contribution in [3.8, 4) is 17.0 Å². The summed E-state index contributed by atoms with van der Waals surface area (Å²) in [5.41, 5.74) is 2.36. The first-order valence-corrected chi connectivity index (χ1v) is 8.61. The van der Waals surface area contributed by atoms with Crippen molar-refractivity contribution in [3.63, 3.8) is 0 Å². The minimum Gasteiger partial charge on any atom is -0.495 e. The van der Waals surface area contributed by atoms with Crippen molar-refractivity contribution in [1.82, 2.24) is 15.2 Å². The van der Waals surface area contributed by atoms with Crippen LogP contribution in [0.15, 0.2) is 53.7 Å². The van der Waals surface area contributed by atoms with Gasteiger partial charge in [0.25, 0.3) is 10.0 Å². The fourth-order valence-electron chi connectivity index (χ4n) is 2.24. The first kappa shape index (κ1) is 16.0. The quantitative estimate of drug-likeness (QED) is 0.741. The van der Waals surface area contributed by atoms with Gasteiger partial charge in [-0.1, -0.05) is 6.07 Å². The molecule has 0 radical (unpaired) electrons. The number of anilines is 1. The van der Waals surface area contributed by atoms with Crippen LogP contribution < -0.4 is 9.46 Å². The van der Waals surface area contributed by atoms with E-state index in [1.54, 1.807) is 48.8 Å². The van der Waals surface area contributed by atoms with E-state index in [0.29, 0.717) is 5.69 Å². The molecular weight excluding hydrogens is 328 g/mol. The van der Waals surface area contributed by atoms with Gasteiger partial charge < -0.3 is 4.74 Å². The van der Waals surface area contributed by atoms with Crippen molar-refractivity contribution < 1.29 is 13.2 Å². The number of aromatic nitrogens is 3. The van der Waals surface area contributed by atoms with Crippen molar-refractivity contribution in [1.29, 1.82) is 0 Å². The third-order valence-corrected chi connectivity index (χ3v) is 4.79. The normalized spacial score (nSPS) is 11.2. The predicted molar refractivity (Wildman–Crippen MR) is 90.4 cm³/mol. The zero-order valence-corrected chi connectivity index (χ0v) is 14.0. The number of hydrogen-bond donors (Lipinski definition) is 2. The Morgan fingerprint density at radius 1 is 1.12 bits per heavy atom. The molecule has 8 heteroatoms. The van der Waals surface area contributed by atoms with Gasteiger partial charge in [-0.3, -0.25) is 14.8 Å². The first-order chi connectivity index (χ1) is 11.5. The Morgan fingerprint density at radius 2 is 1.88 bits per heavy atom. The molecule has 0 spiro atoms. The van der Waals surface area contributed by atoms with Crippen LogP contribution in [0.4, 0.5) is 5.82 Å². The SMILES string of the molecule is COc1ccc(C)cc1S(=O)(=O)Nc1cc(-c2ccncc2)[nH]n1. The minimum absolute atomic E-state index is 0.0680. The lowest BCUT2D eigenvalue weighted by molar-refractivity contribution is 0.402. The van der Waals surface area contributed by atoms with Crippen LogP contribution in [0, 0.1) is 6.92 Å². The molecule has 0 amide bonds. The highest BCUT2D eigenvalue weighted by molar-refractivity contribution is 7.92. The number of aryl methyl sites for hydroxylation is 1. The van der Waals surface area contributed by atoms with Crippen molar-refractivity contribution in [2.75, 3.05) is 11.8 Å². The predicted octanol–water partition coefficient (Wildman–Crippen LogP) is 2.59. The minimum atomic E-state index is -3.82. The molecule has 3 rings (SSSR count). The highest BCUT2D eigenvalue weighted by atomic mass is 32.2. The van der Waals surface area contributed by atoms with Gasteiger partial charge in [-0.25, -0.2) is 8.42 Å². The van der Waals surface area contributed by atoms with Crippen LogP contribution in [0.25, 0.3) is 11.3 Å². The largest absolute Gasteiger partial charge is 0.495 e. The van der Waals surface area contributed by atoms with Gasteiger partial charge in [0, 0.05) is 24.0 Å². The van der Waals surface area contributed by atoms with Crippen LogP contribution in [0.5, 0.6) is 5.75 Å². The van der Waals surface area contributed by atoms with Crippen molar-refractivity contribution >= 4 is 15.8 Å². The van der Waals surface area contributed by atoms with Gasteiger partial charge in [-0.05, 0) is 36.8 Å². The van der Waals surface area contributed by atoms with E-state index in [0.717, 1.165) is 11.1 Å². The van der Waals surface area contributed by atoms with Crippen molar-refractivity contribution in [3.05, 3.63) is 54.4 Å². The molecule has 0 saturated carbocycles. The van der Waals surface area contributed by atoms with E-state index in [1.165, 1.54) is 7.11 Å². The van der Waals surface area contributed by atoms with Crippen molar-refractivity contribution in [2.24, 2.45) is 0 Å². The monoisotopic (exact) mass is 344 g/mol. The van der Waals surface area contributed by atoms with E-state index in [1.807, 2.05) is 6.92 Å². The number of benzene rings is 1. The molecule has 0 aliphatic rings. The molecule has 2 heterocycles. The summed E-state index contributed by atoms with van der Waals surface area (Å²) in [6.07, 6.45) is 3.30. The van der Waals surface area contributed by atoms with Crippen LogP contribution in [-0.2, 0) is 10.0 Å². The van der Waals surface area contributed by atoms with Crippen LogP contribution in [-0.4, -0.2) is 30.7 Å². The maximum absolute atomic E-state index is 12.6. The van der Waals surface area contributed by atoms with Crippen molar-refractivity contribution in [2.45, 2.75) is 11.8 Å². The first-order valence-electron chi connectivity index (χ1n) is 7.13. The van der Waals surface area contributed by atoms with Crippen LogP contribution in [0.2, 0.25) is 0 Å². The highest BCUT2D eigenvalue weighted by Crippen LogP contribution is 2.27. The van der Waals surface area contributed by atoms with E-state index in [2.05, 4.69) is 19.9 Å². The fourth-order valence-corrected chi connectivity index (χ4v) is 3.49. The molecule has 0 aliphatic heterocycles. The number of rotatable bonds is 5. The second-order valence-corrected chi connectivity index (χ2v) is 6.81. The zero-order valence-electron chi connectivity index (χ0n) is 13.1. The summed E-state index contributed by atoms with van der Waals surface area (Å²) in [6.45, 7) is 1.81. The molecule has 3 aromatic rings. The maximum atomic E-state index is 12.6. The topological polar surface area (TPSA) is 97.0 Å². The van der Waals surface area contributed by atoms with E-state index in [9.17, 15) is 8.42 Å². The van der Waals surface area contributed by atoms with Gasteiger partial charge in [0.1, 0.15) is 10.6 Å². The molecule has 124 valence electrons. The van der Waals surface area contributed by atoms with Gasteiger partial charge in [-0.2, -0.15) is 5.10 Å². The molecule has 0 fully saturated rings. The lowest BCUT2D eigenvalue weighted by Gasteiger charge is -2.10. The molecule has 0 bridgehead atoms. The Hall–Kier alpha value is -2.87. The standard InChI is InChI=1S/C16H16N4O3S/c1-11-3-4-14(23-2)15(9-11)24(21,22)20-16-10-13(18-19-16)12-5-7-17-8-6-12/h3-10H,1-2H3,(H2,18,19,20). The third-order valence-electron chi connectivity index (χ3n) is 3.42. The van der Waals surface area contributed by atoms with Gasteiger partial charge in [-0.15, -0.1) is 0 Å². The Bertz CT molecular complexity index is 952. The van der Waals surface area contributed by atoms with Crippen LogP contribution >= 0.6 is 0 Å². The smallest absolute Gasteiger partial charge is 0.266 e. The average molecular weight is 344 g/mol. The van der Waals surface area contributed by atoms with Gasteiger partial charge in [0.15, 0.2) is 5.82 Å². The Morgan fingerprint density at radius 3 is 2.58 bits per heavy atom. The van der Waals surface area contributed by atoms with Gasteiger partial charge >= 0.3 is 0 Å². The summed E-state index contributed by atoms with van der Waals surface area (Å²) in [7, 11) is -2.39. The van der Waals surface area contributed by atoms with Crippen LogP contribution in [0.3, 0.4) is 0 Å². The third kappa shape index (κ3) is 3.23. The fraction of sp³-hybridized carbons (Fsp3) is 0.125. The molecule has 7 nitrogen and oxygen atoms in total. The van der Waals surface area contributed by atoms with E-state index in [4.69, 9.17) is 4.74 Å². The lowest BCUT2D eigenvalue weighted by Crippen LogP contribution is -2.14. The summed E-state index contributed by atoms with van der Waals surface area (Å²) in [6, 6.07) is 10.2. The number of H-pyrrole nitrogens is 1. The summed E-state index contributed by atoms with van der Waals surface area (Å²) >= 11 is 0. The van der Waals surface area contributed by atoms with Gasteiger partial charge in [0.2, 0.25) is 0 Å². The maximum Gasteiger partial charge on any atom is 0.266 e. The zero-order chi connectivity index (χ0) is 17.2. The lowest BCUT2D eigenvalue weighted by atomic mass is 10.2. The van der Waals surface area contributed by atoms with Crippen LogP contribution in [0.1, 0.15) is 5.56 Å². The number of aromatic amines is 1. The number of nitrogens with one attached hydrogen (secondary N) is 2. The molecule has 1 aromatic carbocycles. The molecule has 2 N–H and O–H groups in total. The number of hydrogen-bond acceptors (Lipinski definition) is 5. The summed E-state index contributed by atoms with van der Waals surface area (Å²) < 4.78 is 32.9. The Kier molecular flexibility index (Phi) is 4.22. The summed E-state index contributed by atoms with van der Waals surface area (Å²) in [5, 5.41) is 6.80. The van der Waals surface area contributed by atoms with Gasteiger partial charge in [0.05, 0.1) is 12.8 Å². The number of sulfonamides is 1. The Balaban J connectivity index is 1.91. The molecule has 0 aliphatic carbocycles. The highest BCUT2D eigenvalue weighted by Gasteiger charge is 2.21. The number of ether oxygens (including phenoxy) is 1. The molecular formula is C16H16N4O3S. The molecule has 0 saturated heterocycles. The molecule has 24 heavy (non-hydrogen) atoms. The van der Waals surface area contributed by atoms with E-state index >= 15 is 0 Å².